The van der Waals surface area contributed by atoms with E-state index in [1.807, 2.05) is 6.07 Å². The van der Waals surface area contributed by atoms with E-state index < -0.39 is 5.97 Å². The van der Waals surface area contributed by atoms with Crippen molar-refractivity contribution in [3.63, 3.8) is 0 Å². The van der Waals surface area contributed by atoms with E-state index in [4.69, 9.17) is 26.2 Å². The molecule has 0 amide bonds. The third-order valence-electron chi connectivity index (χ3n) is 3.34. The van der Waals surface area contributed by atoms with Gasteiger partial charge < -0.3 is 19.9 Å². The van der Waals surface area contributed by atoms with Gasteiger partial charge in [-0.3, -0.25) is 4.79 Å². The summed E-state index contributed by atoms with van der Waals surface area (Å²) in [5, 5.41) is 12.7. The van der Waals surface area contributed by atoms with Crippen molar-refractivity contribution in [2.75, 3.05) is 20.8 Å². The van der Waals surface area contributed by atoms with Gasteiger partial charge in [0.2, 0.25) is 0 Å². The van der Waals surface area contributed by atoms with Crippen LogP contribution in [0.1, 0.15) is 18.0 Å². The van der Waals surface area contributed by atoms with Crippen LogP contribution in [0.15, 0.2) is 12.1 Å². The van der Waals surface area contributed by atoms with Crippen LogP contribution in [-0.4, -0.2) is 31.8 Å². The number of nitrogens with one attached hydrogen (secondary N) is 1. The van der Waals surface area contributed by atoms with Gasteiger partial charge in [0, 0.05) is 24.2 Å². The molecule has 0 bridgehead atoms. The van der Waals surface area contributed by atoms with Gasteiger partial charge in [-0.1, -0.05) is 11.6 Å². The number of aliphatic carboxylic acids is 1. The van der Waals surface area contributed by atoms with E-state index in [1.54, 1.807) is 20.3 Å². The zero-order valence-electron chi connectivity index (χ0n) is 10.8. The van der Waals surface area contributed by atoms with Crippen LogP contribution in [0, 0.1) is 5.92 Å². The molecular formula is C13H16ClNO4. The summed E-state index contributed by atoms with van der Waals surface area (Å²) in [5.74, 6) is 0.00928. The monoisotopic (exact) mass is 285 g/mol. The third-order valence-corrected chi connectivity index (χ3v) is 3.62. The van der Waals surface area contributed by atoms with Gasteiger partial charge in [0.1, 0.15) is 11.5 Å². The predicted octanol–water partition coefficient (Wildman–Crippen LogP) is 2.09. The molecule has 5 nitrogen and oxygen atoms in total. The van der Waals surface area contributed by atoms with Crippen molar-refractivity contribution in [3.05, 3.63) is 22.7 Å². The summed E-state index contributed by atoms with van der Waals surface area (Å²) in [6.07, 6.45) is 0.509. The number of methoxy groups -OCH3 is 2. The summed E-state index contributed by atoms with van der Waals surface area (Å²) in [4.78, 5) is 11.0. The van der Waals surface area contributed by atoms with Crippen LogP contribution in [0.5, 0.6) is 11.5 Å². The molecule has 0 aliphatic carbocycles. The highest BCUT2D eigenvalue weighted by Gasteiger charge is 2.32. The maximum absolute atomic E-state index is 11.0. The van der Waals surface area contributed by atoms with Crippen LogP contribution in [-0.2, 0) is 4.79 Å². The van der Waals surface area contributed by atoms with Crippen LogP contribution in [0.4, 0.5) is 0 Å². The highest BCUT2D eigenvalue weighted by molar-refractivity contribution is 6.32. The minimum Gasteiger partial charge on any atom is -0.497 e. The maximum Gasteiger partial charge on any atom is 0.307 e. The average molecular weight is 286 g/mol. The van der Waals surface area contributed by atoms with E-state index >= 15 is 0 Å². The summed E-state index contributed by atoms with van der Waals surface area (Å²) in [6.45, 7) is 0.442. The molecule has 0 radical (unpaired) electrons. The average Bonchev–Trinajstić information content (AvgIpc) is 2.87. The maximum atomic E-state index is 11.0. The first-order chi connectivity index (χ1) is 9.06. The van der Waals surface area contributed by atoms with Crippen molar-refractivity contribution in [2.45, 2.75) is 12.5 Å². The Morgan fingerprint density at radius 3 is 2.68 bits per heavy atom. The highest BCUT2D eigenvalue weighted by Crippen LogP contribution is 2.40. The molecule has 6 heteroatoms. The molecule has 19 heavy (non-hydrogen) atoms. The van der Waals surface area contributed by atoms with Crippen LogP contribution in [0.25, 0.3) is 0 Å². The Bertz CT molecular complexity index is 492. The van der Waals surface area contributed by atoms with E-state index in [1.165, 1.54) is 0 Å². The van der Waals surface area contributed by atoms with Gasteiger partial charge in [0.15, 0.2) is 0 Å². The fourth-order valence-electron chi connectivity index (χ4n) is 2.34. The standard InChI is InChI=1S/C13H16ClNO4/c1-18-8-4-9(12(19-2)10(14)5-8)11-3-7(6-15-11)13(16)17/h4-5,7,11,15H,3,6H2,1-2H3,(H,16,17). The number of hydrogen-bond acceptors (Lipinski definition) is 4. The topological polar surface area (TPSA) is 67.8 Å². The lowest BCUT2D eigenvalue weighted by Crippen LogP contribution is -2.17. The normalized spacial score (nSPS) is 22.3. The van der Waals surface area contributed by atoms with E-state index in [-0.39, 0.29) is 12.0 Å². The molecule has 1 fully saturated rings. The quantitative estimate of drug-likeness (QED) is 0.887. The molecule has 2 unspecified atom stereocenters. The Morgan fingerprint density at radius 1 is 1.42 bits per heavy atom. The van der Waals surface area contributed by atoms with Crippen molar-refractivity contribution >= 4 is 17.6 Å². The molecule has 1 aromatic rings. The van der Waals surface area contributed by atoms with Crippen molar-refractivity contribution in [1.82, 2.24) is 5.32 Å². The van der Waals surface area contributed by atoms with Gasteiger partial charge in [0.05, 0.1) is 25.2 Å². The number of rotatable bonds is 4. The number of benzene rings is 1. The second-order valence-corrected chi connectivity index (χ2v) is 4.87. The van der Waals surface area contributed by atoms with Crippen LogP contribution < -0.4 is 14.8 Å². The lowest BCUT2D eigenvalue weighted by atomic mass is 9.99. The zero-order valence-corrected chi connectivity index (χ0v) is 11.5. The van der Waals surface area contributed by atoms with Gasteiger partial charge in [-0.2, -0.15) is 0 Å². The molecule has 0 spiro atoms. The van der Waals surface area contributed by atoms with E-state index in [9.17, 15) is 4.79 Å². The molecular weight excluding hydrogens is 270 g/mol. The molecule has 1 aliphatic heterocycles. The molecule has 1 saturated heterocycles. The van der Waals surface area contributed by atoms with Crippen molar-refractivity contribution in [3.8, 4) is 11.5 Å². The number of carbonyl (C=O) groups is 1. The number of hydrogen-bond donors (Lipinski definition) is 2. The highest BCUT2D eigenvalue weighted by atomic mass is 35.5. The fraction of sp³-hybridized carbons (Fsp3) is 0.462. The molecule has 0 saturated carbocycles. The minimum atomic E-state index is -0.789. The summed E-state index contributed by atoms with van der Waals surface area (Å²) >= 11 is 6.14. The van der Waals surface area contributed by atoms with E-state index in [2.05, 4.69) is 5.32 Å². The molecule has 1 aromatic carbocycles. The Morgan fingerprint density at radius 2 is 2.16 bits per heavy atom. The lowest BCUT2D eigenvalue weighted by Gasteiger charge is -2.17. The smallest absolute Gasteiger partial charge is 0.307 e. The third kappa shape index (κ3) is 2.77. The minimum absolute atomic E-state index is 0.0938. The Kier molecular flexibility index (Phi) is 4.17. The molecule has 1 aliphatic rings. The van der Waals surface area contributed by atoms with Crippen molar-refractivity contribution in [2.24, 2.45) is 5.92 Å². The second kappa shape index (κ2) is 5.67. The van der Waals surface area contributed by atoms with Gasteiger partial charge in [-0.05, 0) is 12.5 Å². The van der Waals surface area contributed by atoms with Gasteiger partial charge in [-0.25, -0.2) is 0 Å². The molecule has 2 rings (SSSR count). The predicted molar refractivity (Wildman–Crippen MR) is 71.0 cm³/mol. The Labute approximate surface area is 116 Å². The zero-order chi connectivity index (χ0) is 14.0. The number of carboxylic acid groups (broad SMARTS) is 1. The summed E-state index contributed by atoms with van der Waals surface area (Å²) in [6, 6.07) is 3.41. The molecule has 1 heterocycles. The van der Waals surface area contributed by atoms with Crippen molar-refractivity contribution < 1.29 is 19.4 Å². The first kappa shape index (κ1) is 14.0. The lowest BCUT2D eigenvalue weighted by molar-refractivity contribution is -0.141. The number of halogens is 1. The van der Waals surface area contributed by atoms with E-state index in [0.717, 1.165) is 5.56 Å². The number of carboxylic acids is 1. The summed E-state index contributed by atoms with van der Waals surface area (Å²) in [5.41, 5.74) is 0.829. The first-order valence-corrected chi connectivity index (χ1v) is 6.32. The van der Waals surface area contributed by atoms with Crippen LogP contribution in [0.3, 0.4) is 0 Å². The van der Waals surface area contributed by atoms with Crippen LogP contribution >= 0.6 is 11.6 Å². The Balaban J connectivity index is 2.33. The van der Waals surface area contributed by atoms with Crippen LogP contribution in [0.2, 0.25) is 5.02 Å². The van der Waals surface area contributed by atoms with Gasteiger partial charge >= 0.3 is 5.97 Å². The Hall–Kier alpha value is -1.46. The fourth-order valence-corrected chi connectivity index (χ4v) is 2.64. The molecule has 104 valence electrons. The SMILES string of the molecule is COc1cc(Cl)c(OC)c(C2CC(C(=O)O)CN2)c1. The molecule has 2 N–H and O–H groups in total. The van der Waals surface area contributed by atoms with Gasteiger partial charge in [-0.15, -0.1) is 0 Å². The first-order valence-electron chi connectivity index (χ1n) is 5.94. The van der Waals surface area contributed by atoms with Crippen molar-refractivity contribution in [1.29, 1.82) is 0 Å². The summed E-state index contributed by atoms with van der Waals surface area (Å²) in [7, 11) is 3.10. The van der Waals surface area contributed by atoms with E-state index in [0.29, 0.717) is 29.5 Å². The number of ether oxygens (including phenoxy) is 2. The second-order valence-electron chi connectivity index (χ2n) is 4.46. The summed E-state index contributed by atoms with van der Waals surface area (Å²) < 4.78 is 10.5. The molecule has 2 atom stereocenters. The van der Waals surface area contributed by atoms with Gasteiger partial charge in [0.25, 0.3) is 0 Å². The molecule has 0 aromatic heterocycles. The largest absolute Gasteiger partial charge is 0.497 e.